The van der Waals surface area contributed by atoms with Gasteiger partial charge < -0.3 is 0 Å². The average Bonchev–Trinajstić information content (AvgIpc) is 2.39. The van der Waals surface area contributed by atoms with Crippen LogP contribution in [0.1, 0.15) is 11.8 Å². The van der Waals surface area contributed by atoms with E-state index in [1.54, 1.807) is 6.92 Å². The van der Waals surface area contributed by atoms with Crippen LogP contribution < -0.4 is 0 Å². The van der Waals surface area contributed by atoms with E-state index in [-0.39, 0.29) is 11.5 Å². The van der Waals surface area contributed by atoms with E-state index in [1.807, 2.05) is 17.5 Å². The molecule has 0 unspecified atom stereocenters. The molecule has 2 nitrogen and oxygen atoms in total. The topological polar surface area (TPSA) is 34.1 Å². The van der Waals surface area contributed by atoms with Crippen LogP contribution in [0.3, 0.4) is 0 Å². The zero-order chi connectivity index (χ0) is 8.32. The lowest BCUT2D eigenvalue weighted by atomic mass is 10.5. The predicted molar refractivity (Wildman–Crippen MR) is 47.5 cm³/mol. The van der Waals surface area contributed by atoms with Crippen LogP contribution >= 0.6 is 11.3 Å². The molecule has 0 aliphatic rings. The third-order valence-electron chi connectivity index (χ3n) is 1.38. The summed E-state index contributed by atoms with van der Waals surface area (Å²) in [5, 5.41) is 1.89. The Bertz CT molecular complexity index is 297. The molecule has 0 bridgehead atoms. The standard InChI is InChI=1S/C7H10O2S2/c1-2-11(8,9)6-7-4-3-5-10-7/h3-5H,2,6H2,1H3. The van der Waals surface area contributed by atoms with E-state index in [1.165, 1.54) is 11.3 Å². The molecule has 62 valence electrons. The summed E-state index contributed by atoms with van der Waals surface area (Å²) in [6.07, 6.45) is 0. The summed E-state index contributed by atoms with van der Waals surface area (Å²) in [6, 6.07) is 3.71. The number of sulfone groups is 1. The lowest BCUT2D eigenvalue weighted by Gasteiger charge is -1.95. The predicted octanol–water partition coefficient (Wildman–Crippen LogP) is 1.68. The molecule has 0 atom stereocenters. The molecule has 1 aromatic heterocycles. The first-order valence-corrected chi connectivity index (χ1v) is 6.07. The zero-order valence-corrected chi connectivity index (χ0v) is 7.91. The van der Waals surface area contributed by atoms with Crippen molar-refractivity contribution in [3.8, 4) is 0 Å². The molecule has 0 aliphatic carbocycles. The molecule has 0 fully saturated rings. The maximum absolute atomic E-state index is 11.1. The van der Waals surface area contributed by atoms with Crippen molar-refractivity contribution in [1.29, 1.82) is 0 Å². The van der Waals surface area contributed by atoms with Crippen LogP contribution in [0.4, 0.5) is 0 Å². The molecule has 0 amide bonds. The third kappa shape index (κ3) is 2.63. The Morgan fingerprint density at radius 1 is 1.55 bits per heavy atom. The first kappa shape index (κ1) is 8.74. The summed E-state index contributed by atoms with van der Waals surface area (Å²) in [5.74, 6) is 0.423. The molecule has 0 aliphatic heterocycles. The Labute approximate surface area is 70.8 Å². The van der Waals surface area contributed by atoms with Gasteiger partial charge in [-0.05, 0) is 11.4 Å². The summed E-state index contributed by atoms with van der Waals surface area (Å²) in [7, 11) is -2.83. The fourth-order valence-corrected chi connectivity index (χ4v) is 2.75. The third-order valence-corrected chi connectivity index (χ3v) is 4.07. The normalized spacial score (nSPS) is 11.7. The minimum atomic E-state index is -2.83. The zero-order valence-electron chi connectivity index (χ0n) is 6.28. The molecule has 1 rings (SSSR count). The van der Waals surface area contributed by atoms with E-state index in [9.17, 15) is 8.42 Å². The Morgan fingerprint density at radius 2 is 2.27 bits per heavy atom. The second-order valence-electron chi connectivity index (χ2n) is 2.26. The quantitative estimate of drug-likeness (QED) is 0.726. The number of hydrogen-bond acceptors (Lipinski definition) is 3. The van der Waals surface area contributed by atoms with Gasteiger partial charge in [-0.3, -0.25) is 0 Å². The maximum Gasteiger partial charge on any atom is 0.154 e. The molecule has 4 heteroatoms. The lowest BCUT2D eigenvalue weighted by molar-refractivity contribution is 0.597. The SMILES string of the molecule is CCS(=O)(=O)Cc1cccs1. The van der Waals surface area contributed by atoms with Gasteiger partial charge in [0.15, 0.2) is 9.84 Å². The van der Waals surface area contributed by atoms with Crippen LogP contribution in [-0.4, -0.2) is 14.2 Å². The highest BCUT2D eigenvalue weighted by molar-refractivity contribution is 7.90. The second kappa shape index (κ2) is 3.36. The van der Waals surface area contributed by atoms with Gasteiger partial charge >= 0.3 is 0 Å². The van der Waals surface area contributed by atoms with Gasteiger partial charge in [0.1, 0.15) is 0 Å². The molecule has 0 aromatic carbocycles. The van der Waals surface area contributed by atoms with Gasteiger partial charge in [0.25, 0.3) is 0 Å². The Morgan fingerprint density at radius 3 is 2.73 bits per heavy atom. The van der Waals surface area contributed by atoms with Crippen molar-refractivity contribution in [3.63, 3.8) is 0 Å². The van der Waals surface area contributed by atoms with Gasteiger partial charge in [-0.15, -0.1) is 11.3 Å². The van der Waals surface area contributed by atoms with E-state index in [2.05, 4.69) is 0 Å². The van der Waals surface area contributed by atoms with Crippen molar-refractivity contribution in [2.24, 2.45) is 0 Å². The van der Waals surface area contributed by atoms with Crippen LogP contribution in [-0.2, 0) is 15.6 Å². The van der Waals surface area contributed by atoms with Gasteiger partial charge in [-0.2, -0.15) is 0 Å². The van der Waals surface area contributed by atoms with Crippen molar-refractivity contribution in [2.75, 3.05) is 5.75 Å². The van der Waals surface area contributed by atoms with E-state index in [0.717, 1.165) is 4.88 Å². The molecule has 0 spiro atoms. The van der Waals surface area contributed by atoms with Crippen LogP contribution in [0.5, 0.6) is 0 Å². The molecule has 0 N–H and O–H groups in total. The van der Waals surface area contributed by atoms with Crippen molar-refractivity contribution < 1.29 is 8.42 Å². The van der Waals surface area contributed by atoms with Crippen LogP contribution in [0, 0.1) is 0 Å². The Kier molecular flexibility index (Phi) is 2.67. The van der Waals surface area contributed by atoms with E-state index < -0.39 is 9.84 Å². The number of rotatable bonds is 3. The van der Waals surface area contributed by atoms with Crippen molar-refractivity contribution in [3.05, 3.63) is 22.4 Å². The summed E-state index contributed by atoms with van der Waals surface area (Å²) in [6.45, 7) is 1.67. The molecule has 1 heterocycles. The highest BCUT2D eigenvalue weighted by Crippen LogP contribution is 2.12. The van der Waals surface area contributed by atoms with Crippen LogP contribution in [0.15, 0.2) is 17.5 Å². The molecule has 0 radical (unpaired) electrons. The lowest BCUT2D eigenvalue weighted by Crippen LogP contribution is -2.04. The van der Waals surface area contributed by atoms with Gasteiger partial charge in [-0.25, -0.2) is 8.42 Å². The smallest absolute Gasteiger partial charge is 0.154 e. The number of thiophene rings is 1. The van der Waals surface area contributed by atoms with Crippen molar-refractivity contribution in [2.45, 2.75) is 12.7 Å². The van der Waals surface area contributed by atoms with E-state index >= 15 is 0 Å². The average molecular weight is 190 g/mol. The Balaban J connectivity index is 2.72. The first-order valence-electron chi connectivity index (χ1n) is 3.37. The highest BCUT2D eigenvalue weighted by atomic mass is 32.2. The summed E-state index contributed by atoms with van der Waals surface area (Å²) in [5.41, 5.74) is 0. The summed E-state index contributed by atoms with van der Waals surface area (Å²) < 4.78 is 22.1. The maximum atomic E-state index is 11.1. The van der Waals surface area contributed by atoms with E-state index in [0.29, 0.717) is 0 Å². The number of hydrogen-bond donors (Lipinski definition) is 0. The summed E-state index contributed by atoms with van der Waals surface area (Å²) in [4.78, 5) is 0.923. The monoisotopic (exact) mass is 190 g/mol. The molecular formula is C7H10O2S2. The fourth-order valence-electron chi connectivity index (χ4n) is 0.714. The van der Waals surface area contributed by atoms with Gasteiger partial charge in [0.05, 0.1) is 5.75 Å². The Hall–Kier alpha value is -0.350. The first-order chi connectivity index (χ1) is 5.14. The largest absolute Gasteiger partial charge is 0.228 e. The van der Waals surface area contributed by atoms with Gasteiger partial charge in [0, 0.05) is 10.6 Å². The van der Waals surface area contributed by atoms with Gasteiger partial charge in [-0.1, -0.05) is 13.0 Å². The fraction of sp³-hybridized carbons (Fsp3) is 0.429. The molecule has 11 heavy (non-hydrogen) atoms. The van der Waals surface area contributed by atoms with Crippen molar-refractivity contribution >= 4 is 21.2 Å². The molecule has 0 saturated heterocycles. The van der Waals surface area contributed by atoms with Crippen LogP contribution in [0.2, 0.25) is 0 Å². The van der Waals surface area contributed by atoms with Crippen LogP contribution in [0.25, 0.3) is 0 Å². The minimum Gasteiger partial charge on any atom is -0.228 e. The molecular weight excluding hydrogens is 180 g/mol. The van der Waals surface area contributed by atoms with E-state index in [4.69, 9.17) is 0 Å². The van der Waals surface area contributed by atoms with Gasteiger partial charge in [0.2, 0.25) is 0 Å². The summed E-state index contributed by atoms with van der Waals surface area (Å²) >= 11 is 1.49. The minimum absolute atomic E-state index is 0.196. The second-order valence-corrected chi connectivity index (χ2v) is 5.64. The highest BCUT2D eigenvalue weighted by Gasteiger charge is 2.08. The van der Waals surface area contributed by atoms with Crippen molar-refractivity contribution in [1.82, 2.24) is 0 Å². The molecule has 0 saturated carbocycles. The molecule has 1 aromatic rings.